The summed E-state index contributed by atoms with van der Waals surface area (Å²) < 4.78 is 0. The Hall–Kier alpha value is -3.23. The van der Waals surface area contributed by atoms with Gasteiger partial charge in [-0.25, -0.2) is 0 Å². The molecule has 166 valence electrons. The van der Waals surface area contributed by atoms with Gasteiger partial charge in [-0.2, -0.15) is 15.4 Å². The Morgan fingerprint density at radius 2 is 1.78 bits per heavy atom. The molecule has 9 nitrogen and oxygen atoms in total. The van der Waals surface area contributed by atoms with Crippen molar-refractivity contribution in [2.24, 2.45) is 16.7 Å². The number of H-pyrrole nitrogens is 2. The van der Waals surface area contributed by atoms with Gasteiger partial charge in [-0.1, -0.05) is 13.8 Å². The fourth-order valence-electron chi connectivity index (χ4n) is 5.96. The second-order valence-electron chi connectivity index (χ2n) is 10.3. The maximum Gasteiger partial charge on any atom is 0.270 e. The first kappa shape index (κ1) is 19.5. The molecular formula is C23H27N7O2. The molecule has 32 heavy (non-hydrogen) atoms. The summed E-state index contributed by atoms with van der Waals surface area (Å²) in [5.41, 5.74) is 3.90. The zero-order chi connectivity index (χ0) is 22.1. The average Bonchev–Trinajstić information content (AvgIpc) is 3.51. The van der Waals surface area contributed by atoms with E-state index in [2.05, 4.69) is 39.2 Å². The van der Waals surface area contributed by atoms with E-state index in [1.54, 1.807) is 6.20 Å². The minimum atomic E-state index is -0.129. The summed E-state index contributed by atoms with van der Waals surface area (Å²) in [5, 5.41) is 11.1. The number of carbonyl (C=O) groups is 2. The van der Waals surface area contributed by atoms with Crippen molar-refractivity contribution in [3.05, 3.63) is 41.5 Å². The molecule has 6 rings (SSSR count). The van der Waals surface area contributed by atoms with E-state index >= 15 is 0 Å². The van der Waals surface area contributed by atoms with Crippen molar-refractivity contribution < 1.29 is 9.59 Å². The van der Waals surface area contributed by atoms with Gasteiger partial charge in [0.15, 0.2) is 0 Å². The lowest BCUT2D eigenvalue weighted by Gasteiger charge is -2.29. The molecule has 3 aromatic rings. The van der Waals surface area contributed by atoms with Crippen LogP contribution in [0, 0.1) is 16.7 Å². The van der Waals surface area contributed by atoms with Gasteiger partial charge in [-0.05, 0) is 31.0 Å². The highest BCUT2D eigenvalue weighted by Gasteiger charge is 2.59. The lowest BCUT2D eigenvalue weighted by Crippen LogP contribution is -2.41. The molecule has 2 fully saturated rings. The Morgan fingerprint density at radius 1 is 1.06 bits per heavy atom. The number of rotatable bonds is 2. The summed E-state index contributed by atoms with van der Waals surface area (Å²) >= 11 is 0. The minimum Gasteiger partial charge on any atom is -0.349 e. The molecule has 3 aliphatic rings. The number of pyridine rings is 1. The number of hydrogen-bond donors (Lipinski definition) is 2. The van der Waals surface area contributed by atoms with E-state index in [-0.39, 0.29) is 28.6 Å². The predicted molar refractivity (Wildman–Crippen MR) is 117 cm³/mol. The largest absolute Gasteiger partial charge is 0.349 e. The number of aromatic nitrogens is 5. The number of nitrogens with zero attached hydrogens (tertiary/aromatic N) is 5. The van der Waals surface area contributed by atoms with Gasteiger partial charge in [0.25, 0.3) is 5.91 Å². The number of likely N-dealkylation sites (tertiary alicyclic amines) is 2. The Labute approximate surface area is 185 Å². The van der Waals surface area contributed by atoms with Crippen LogP contribution in [0.5, 0.6) is 0 Å². The Morgan fingerprint density at radius 3 is 2.53 bits per heavy atom. The monoisotopic (exact) mass is 433 g/mol. The molecule has 2 saturated heterocycles. The van der Waals surface area contributed by atoms with E-state index < -0.39 is 0 Å². The van der Waals surface area contributed by atoms with Crippen LogP contribution >= 0.6 is 0 Å². The molecule has 0 aromatic carbocycles. The SMILES string of the molecule is C[C@@]12CN(C(=O)c3cc4ncccc4[nH]3)C[C@]1(C)CN(C(=O)C1CCc3n[nH]nc3C1)C2. The zero-order valence-corrected chi connectivity index (χ0v) is 18.4. The Balaban J connectivity index is 1.17. The van der Waals surface area contributed by atoms with Gasteiger partial charge in [0.2, 0.25) is 5.91 Å². The number of carbonyl (C=O) groups excluding carboxylic acids is 2. The molecular weight excluding hydrogens is 406 g/mol. The quantitative estimate of drug-likeness (QED) is 0.640. The zero-order valence-electron chi connectivity index (χ0n) is 18.4. The third-order valence-corrected chi connectivity index (χ3v) is 8.06. The molecule has 2 amide bonds. The van der Waals surface area contributed by atoms with Crippen LogP contribution in [-0.2, 0) is 17.6 Å². The second-order valence-corrected chi connectivity index (χ2v) is 10.3. The molecule has 5 heterocycles. The number of nitrogens with one attached hydrogen (secondary N) is 2. The lowest BCUT2D eigenvalue weighted by molar-refractivity contribution is -0.135. The molecule has 1 aliphatic carbocycles. The lowest BCUT2D eigenvalue weighted by atomic mass is 9.71. The molecule has 0 saturated carbocycles. The van der Waals surface area contributed by atoms with Gasteiger partial charge < -0.3 is 14.8 Å². The summed E-state index contributed by atoms with van der Waals surface area (Å²) in [6.45, 7) is 7.10. The van der Waals surface area contributed by atoms with E-state index in [1.165, 1.54) is 0 Å². The van der Waals surface area contributed by atoms with Crippen LogP contribution in [0.15, 0.2) is 24.4 Å². The van der Waals surface area contributed by atoms with Gasteiger partial charge >= 0.3 is 0 Å². The van der Waals surface area contributed by atoms with E-state index in [9.17, 15) is 9.59 Å². The van der Waals surface area contributed by atoms with Crippen LogP contribution in [0.1, 0.15) is 42.1 Å². The third-order valence-electron chi connectivity index (χ3n) is 8.06. The van der Waals surface area contributed by atoms with Crippen LogP contribution in [0.25, 0.3) is 11.0 Å². The van der Waals surface area contributed by atoms with Crippen molar-refractivity contribution in [2.75, 3.05) is 26.2 Å². The minimum absolute atomic E-state index is 0.00330. The number of hydrogen-bond acceptors (Lipinski definition) is 5. The van der Waals surface area contributed by atoms with Crippen LogP contribution < -0.4 is 0 Å². The van der Waals surface area contributed by atoms with Crippen molar-refractivity contribution in [3.8, 4) is 0 Å². The highest BCUT2D eigenvalue weighted by Crippen LogP contribution is 2.52. The maximum absolute atomic E-state index is 13.4. The fourth-order valence-corrected chi connectivity index (χ4v) is 5.96. The summed E-state index contributed by atoms with van der Waals surface area (Å²) in [6.07, 6.45) is 4.01. The highest BCUT2D eigenvalue weighted by atomic mass is 16.2. The third kappa shape index (κ3) is 2.79. The first-order valence-corrected chi connectivity index (χ1v) is 11.3. The predicted octanol–water partition coefficient (Wildman–Crippen LogP) is 1.80. The summed E-state index contributed by atoms with van der Waals surface area (Å²) in [4.78, 5) is 38.1. The number of amides is 2. The van der Waals surface area contributed by atoms with E-state index in [0.717, 1.165) is 35.3 Å². The van der Waals surface area contributed by atoms with E-state index in [4.69, 9.17) is 0 Å². The van der Waals surface area contributed by atoms with Crippen molar-refractivity contribution in [1.82, 2.24) is 35.2 Å². The smallest absolute Gasteiger partial charge is 0.270 e. The van der Waals surface area contributed by atoms with Gasteiger partial charge in [0.05, 0.1) is 22.4 Å². The van der Waals surface area contributed by atoms with Crippen LogP contribution in [0.4, 0.5) is 0 Å². The average molecular weight is 434 g/mol. The molecule has 0 radical (unpaired) electrons. The van der Waals surface area contributed by atoms with Gasteiger partial charge in [0, 0.05) is 55.5 Å². The van der Waals surface area contributed by atoms with Gasteiger partial charge in [-0.3, -0.25) is 14.6 Å². The highest BCUT2D eigenvalue weighted by molar-refractivity contribution is 5.97. The Bertz CT molecular complexity index is 1180. The first-order valence-electron chi connectivity index (χ1n) is 11.3. The van der Waals surface area contributed by atoms with Crippen LogP contribution in [0.2, 0.25) is 0 Å². The molecule has 0 spiro atoms. The molecule has 0 bridgehead atoms. The number of aromatic amines is 2. The molecule has 3 aromatic heterocycles. The number of aryl methyl sites for hydroxylation is 1. The van der Waals surface area contributed by atoms with Crippen molar-refractivity contribution in [2.45, 2.75) is 33.1 Å². The molecule has 1 unspecified atom stereocenters. The standard InChI is InChI=1S/C23H27N7O2/c1-22-10-29(20(31)14-5-6-16-18(8-14)27-28-26-16)11-23(22,2)13-30(12-22)21(32)19-9-17-15(25-19)4-3-7-24-17/h3-4,7,9,14,25H,5-6,8,10-13H2,1-2H3,(H,26,27,28)/t14?,22-,23+. The Kier molecular flexibility index (Phi) is 4.03. The molecule has 9 heteroatoms. The summed E-state index contributed by atoms with van der Waals surface area (Å²) in [5.74, 6) is 0.189. The molecule has 2 N–H and O–H groups in total. The fraction of sp³-hybridized carbons (Fsp3) is 0.522. The van der Waals surface area contributed by atoms with Gasteiger partial charge in [0.1, 0.15) is 5.69 Å². The van der Waals surface area contributed by atoms with Crippen LogP contribution in [-0.4, -0.2) is 73.2 Å². The second kappa shape index (κ2) is 6.63. The van der Waals surface area contributed by atoms with Crippen molar-refractivity contribution in [3.63, 3.8) is 0 Å². The number of fused-ring (bicyclic) bond motifs is 3. The van der Waals surface area contributed by atoms with E-state index in [1.807, 2.05) is 28.0 Å². The molecule has 3 atom stereocenters. The van der Waals surface area contributed by atoms with Crippen molar-refractivity contribution >= 4 is 22.8 Å². The van der Waals surface area contributed by atoms with Gasteiger partial charge in [-0.15, -0.1) is 0 Å². The van der Waals surface area contributed by atoms with E-state index in [0.29, 0.717) is 38.3 Å². The molecule has 2 aliphatic heterocycles. The summed E-state index contributed by atoms with van der Waals surface area (Å²) in [6, 6.07) is 5.61. The first-order chi connectivity index (χ1) is 15.4. The summed E-state index contributed by atoms with van der Waals surface area (Å²) in [7, 11) is 0. The topological polar surface area (TPSA) is 111 Å². The van der Waals surface area contributed by atoms with Crippen molar-refractivity contribution in [1.29, 1.82) is 0 Å². The maximum atomic E-state index is 13.4. The normalized spacial score (nSPS) is 29.4. The van der Waals surface area contributed by atoms with Crippen LogP contribution in [0.3, 0.4) is 0 Å².